The zero-order valence-electron chi connectivity index (χ0n) is 14.9. The van der Waals surface area contributed by atoms with Crippen molar-refractivity contribution in [1.29, 1.82) is 0 Å². The lowest BCUT2D eigenvalue weighted by atomic mass is 10.1. The first-order valence-corrected chi connectivity index (χ1v) is 10.6. The van der Waals surface area contributed by atoms with E-state index < -0.39 is 0 Å². The van der Waals surface area contributed by atoms with Crippen molar-refractivity contribution >= 4 is 34.7 Å². The number of hydrogen-bond acceptors (Lipinski definition) is 5. The van der Waals surface area contributed by atoms with Crippen LogP contribution in [0.15, 0.2) is 59.1 Å². The maximum atomic E-state index is 5.96. The normalized spacial score (nSPS) is 11.1. The molecule has 0 radical (unpaired) electrons. The smallest absolute Gasteiger partial charge is 0.191 e. The standard InChI is InChI=1S/C20H17ClN4S2/c1-13-5-3-4-6-17(13)18-23-24-20(25(18)2)27-12-16-11-26-19(22-16)14-7-9-15(21)10-8-14/h3-11H,12H2,1-2H3. The van der Waals surface area contributed by atoms with Gasteiger partial charge in [-0.05, 0) is 24.6 Å². The molecule has 0 saturated carbocycles. The predicted molar refractivity (Wildman–Crippen MR) is 113 cm³/mol. The average Bonchev–Trinajstić information content (AvgIpc) is 3.28. The minimum atomic E-state index is 0.734. The van der Waals surface area contributed by atoms with Crippen LogP contribution in [0.5, 0.6) is 0 Å². The lowest BCUT2D eigenvalue weighted by Gasteiger charge is -2.05. The summed E-state index contributed by atoms with van der Waals surface area (Å²) in [5.41, 5.74) is 4.42. The van der Waals surface area contributed by atoms with Gasteiger partial charge in [0.05, 0.1) is 5.69 Å². The van der Waals surface area contributed by atoms with Crippen LogP contribution in [0.2, 0.25) is 5.02 Å². The quantitative estimate of drug-likeness (QED) is 0.385. The van der Waals surface area contributed by atoms with Crippen LogP contribution in [0.1, 0.15) is 11.3 Å². The first-order chi connectivity index (χ1) is 13.1. The van der Waals surface area contributed by atoms with Gasteiger partial charge in [0.2, 0.25) is 0 Å². The van der Waals surface area contributed by atoms with Gasteiger partial charge in [0.15, 0.2) is 11.0 Å². The van der Waals surface area contributed by atoms with E-state index in [4.69, 9.17) is 16.6 Å². The number of rotatable bonds is 5. The number of benzene rings is 2. The first-order valence-electron chi connectivity index (χ1n) is 8.40. The third kappa shape index (κ3) is 3.93. The fourth-order valence-electron chi connectivity index (χ4n) is 2.74. The van der Waals surface area contributed by atoms with Crippen LogP contribution >= 0.6 is 34.7 Å². The van der Waals surface area contributed by atoms with E-state index in [1.165, 1.54) is 5.56 Å². The number of aryl methyl sites for hydroxylation is 1. The highest BCUT2D eigenvalue weighted by molar-refractivity contribution is 7.98. The Bertz CT molecular complexity index is 1070. The van der Waals surface area contributed by atoms with Crippen molar-refractivity contribution in [3.63, 3.8) is 0 Å². The Morgan fingerprint density at radius 3 is 2.63 bits per heavy atom. The van der Waals surface area contributed by atoms with Crippen molar-refractivity contribution < 1.29 is 0 Å². The average molecular weight is 413 g/mol. The van der Waals surface area contributed by atoms with Crippen LogP contribution in [-0.2, 0) is 12.8 Å². The van der Waals surface area contributed by atoms with E-state index in [0.29, 0.717) is 0 Å². The van der Waals surface area contributed by atoms with Crippen molar-refractivity contribution in [2.75, 3.05) is 0 Å². The van der Waals surface area contributed by atoms with Crippen LogP contribution < -0.4 is 0 Å². The molecule has 0 aliphatic rings. The second kappa shape index (κ2) is 7.84. The Kier molecular flexibility index (Phi) is 5.29. The molecule has 4 rings (SSSR count). The number of thiazole rings is 1. The van der Waals surface area contributed by atoms with Crippen LogP contribution in [0, 0.1) is 6.92 Å². The SMILES string of the molecule is Cc1ccccc1-c1nnc(SCc2csc(-c3ccc(Cl)cc3)n2)n1C. The largest absolute Gasteiger partial charge is 0.305 e. The van der Waals surface area contributed by atoms with Crippen molar-refractivity contribution in [1.82, 2.24) is 19.7 Å². The highest BCUT2D eigenvalue weighted by Gasteiger charge is 2.13. The zero-order valence-corrected chi connectivity index (χ0v) is 17.3. The molecule has 0 N–H and O–H groups in total. The third-order valence-corrected chi connectivity index (χ3v) is 6.46. The molecular formula is C20H17ClN4S2. The molecule has 0 amide bonds. The van der Waals surface area contributed by atoms with Crippen LogP contribution in [0.25, 0.3) is 22.0 Å². The van der Waals surface area contributed by atoms with E-state index in [-0.39, 0.29) is 0 Å². The summed E-state index contributed by atoms with van der Waals surface area (Å²) >= 11 is 9.24. The summed E-state index contributed by atoms with van der Waals surface area (Å²) in [5.74, 6) is 1.64. The van der Waals surface area contributed by atoms with Gasteiger partial charge in [-0.15, -0.1) is 21.5 Å². The molecule has 0 fully saturated rings. The molecule has 0 aliphatic heterocycles. The molecule has 2 aromatic carbocycles. The molecule has 27 heavy (non-hydrogen) atoms. The molecule has 0 spiro atoms. The van der Waals surface area contributed by atoms with E-state index in [2.05, 4.69) is 34.6 Å². The molecule has 0 unspecified atom stereocenters. The molecular weight excluding hydrogens is 396 g/mol. The molecule has 0 atom stereocenters. The lowest BCUT2D eigenvalue weighted by Crippen LogP contribution is -1.96. The fraction of sp³-hybridized carbons (Fsp3) is 0.150. The van der Waals surface area contributed by atoms with Gasteiger partial charge < -0.3 is 4.57 Å². The van der Waals surface area contributed by atoms with Gasteiger partial charge in [-0.3, -0.25) is 0 Å². The van der Waals surface area contributed by atoms with Gasteiger partial charge in [-0.1, -0.05) is 59.8 Å². The van der Waals surface area contributed by atoms with Gasteiger partial charge >= 0.3 is 0 Å². The minimum Gasteiger partial charge on any atom is -0.305 e. The first kappa shape index (κ1) is 18.2. The number of thioether (sulfide) groups is 1. The van der Waals surface area contributed by atoms with Crippen molar-refractivity contribution in [3.8, 4) is 22.0 Å². The summed E-state index contributed by atoms with van der Waals surface area (Å²) in [6, 6.07) is 16.0. The van der Waals surface area contributed by atoms with Crippen molar-refractivity contribution in [2.45, 2.75) is 17.8 Å². The lowest BCUT2D eigenvalue weighted by molar-refractivity contribution is 0.793. The van der Waals surface area contributed by atoms with Gasteiger partial charge in [-0.2, -0.15) is 0 Å². The Morgan fingerprint density at radius 1 is 1.07 bits per heavy atom. The predicted octanol–water partition coefficient (Wildman–Crippen LogP) is 5.86. The fourth-order valence-corrected chi connectivity index (χ4v) is 4.60. The zero-order chi connectivity index (χ0) is 18.8. The highest BCUT2D eigenvalue weighted by Crippen LogP contribution is 2.30. The molecule has 2 aromatic heterocycles. The van der Waals surface area contributed by atoms with Crippen molar-refractivity contribution in [2.24, 2.45) is 7.05 Å². The summed E-state index contributed by atoms with van der Waals surface area (Å²) in [4.78, 5) is 4.73. The highest BCUT2D eigenvalue weighted by atomic mass is 35.5. The monoisotopic (exact) mass is 412 g/mol. The van der Waals surface area contributed by atoms with E-state index in [1.54, 1.807) is 23.1 Å². The number of nitrogens with zero attached hydrogens (tertiary/aromatic N) is 4. The molecule has 2 heterocycles. The topological polar surface area (TPSA) is 43.6 Å². The number of hydrogen-bond donors (Lipinski definition) is 0. The Balaban J connectivity index is 1.49. The summed E-state index contributed by atoms with van der Waals surface area (Å²) in [7, 11) is 2.00. The molecule has 4 nitrogen and oxygen atoms in total. The molecule has 7 heteroatoms. The summed E-state index contributed by atoms with van der Waals surface area (Å²) in [6.07, 6.45) is 0. The second-order valence-electron chi connectivity index (χ2n) is 6.12. The van der Waals surface area contributed by atoms with Gasteiger partial charge in [0, 0.05) is 34.3 Å². The third-order valence-electron chi connectivity index (χ3n) is 4.21. The summed E-state index contributed by atoms with van der Waals surface area (Å²) < 4.78 is 2.04. The van der Waals surface area contributed by atoms with E-state index in [1.807, 2.05) is 48.0 Å². The van der Waals surface area contributed by atoms with E-state index in [0.717, 1.165) is 43.6 Å². The number of aromatic nitrogens is 4. The Morgan fingerprint density at radius 2 is 1.85 bits per heavy atom. The second-order valence-corrected chi connectivity index (χ2v) is 8.36. The van der Waals surface area contributed by atoms with Gasteiger partial charge in [0.25, 0.3) is 0 Å². The number of halogens is 1. The van der Waals surface area contributed by atoms with Gasteiger partial charge in [0.1, 0.15) is 5.01 Å². The van der Waals surface area contributed by atoms with Crippen LogP contribution in [-0.4, -0.2) is 19.7 Å². The Labute approximate surface area is 171 Å². The molecule has 0 bridgehead atoms. The molecule has 0 aliphatic carbocycles. The Hall–Kier alpha value is -2.15. The van der Waals surface area contributed by atoms with Crippen LogP contribution in [0.3, 0.4) is 0 Å². The molecule has 0 saturated heterocycles. The summed E-state index contributed by atoms with van der Waals surface area (Å²) in [5, 5.41) is 13.5. The molecule has 136 valence electrons. The molecule has 4 aromatic rings. The maximum Gasteiger partial charge on any atom is 0.191 e. The van der Waals surface area contributed by atoms with Crippen molar-refractivity contribution in [3.05, 3.63) is 70.2 Å². The van der Waals surface area contributed by atoms with E-state index in [9.17, 15) is 0 Å². The van der Waals surface area contributed by atoms with E-state index >= 15 is 0 Å². The van der Waals surface area contributed by atoms with Gasteiger partial charge in [-0.25, -0.2) is 4.98 Å². The minimum absolute atomic E-state index is 0.734. The van der Waals surface area contributed by atoms with Crippen LogP contribution in [0.4, 0.5) is 0 Å². The maximum absolute atomic E-state index is 5.96. The summed E-state index contributed by atoms with van der Waals surface area (Å²) in [6.45, 7) is 2.09.